The largest absolute Gasteiger partial charge is 0.304 e. The molecule has 0 bridgehead atoms. The number of rotatable bonds is 0. The summed E-state index contributed by atoms with van der Waals surface area (Å²) in [4.78, 5) is 11.8. The van der Waals surface area contributed by atoms with Crippen molar-refractivity contribution in [3.63, 3.8) is 0 Å². The Morgan fingerprint density at radius 1 is 1.00 bits per heavy atom. The molecule has 0 aliphatic carbocycles. The van der Waals surface area contributed by atoms with Crippen molar-refractivity contribution < 1.29 is 20.1 Å². The van der Waals surface area contributed by atoms with Gasteiger partial charge in [0, 0.05) is 48.0 Å². The zero-order valence-electron chi connectivity index (χ0n) is 13.2. The molecule has 2 aromatic heterocycles. The van der Waals surface area contributed by atoms with Crippen LogP contribution in [0.2, 0.25) is 0 Å². The maximum Gasteiger partial charge on any atom is 0.0454 e. The van der Waals surface area contributed by atoms with Crippen molar-refractivity contribution in [2.24, 2.45) is 0 Å². The molecule has 0 fully saturated rings. The molecular weight excluding hydrogens is 493 g/mol. The Hall–Kier alpha value is -1.74. The van der Waals surface area contributed by atoms with Gasteiger partial charge >= 0.3 is 0 Å². The molecule has 4 aromatic rings. The molecule has 119 valence electrons. The van der Waals surface area contributed by atoms with E-state index in [-0.39, 0.29) is 20.1 Å². The van der Waals surface area contributed by atoms with Crippen LogP contribution in [0.4, 0.5) is 0 Å². The molecule has 0 amide bonds. The Bertz CT molecular complexity index is 1120. The van der Waals surface area contributed by atoms with Gasteiger partial charge in [0.05, 0.1) is 0 Å². The van der Waals surface area contributed by atoms with Crippen LogP contribution in [0.1, 0.15) is 11.4 Å². The van der Waals surface area contributed by atoms with E-state index in [4.69, 9.17) is 0 Å². The van der Waals surface area contributed by atoms with Gasteiger partial charge < -0.3 is 4.98 Å². The van der Waals surface area contributed by atoms with Crippen molar-refractivity contribution >= 4 is 33.3 Å². The minimum atomic E-state index is 0. The first-order valence-corrected chi connectivity index (χ1v) is 8.42. The molecule has 0 spiro atoms. The van der Waals surface area contributed by atoms with Crippen LogP contribution in [-0.4, -0.2) is 9.97 Å². The number of fused-ring (bicyclic) bond motifs is 4. The molecule has 2 aromatic carbocycles. The van der Waals surface area contributed by atoms with Crippen LogP contribution in [-0.2, 0) is 20.1 Å². The van der Waals surface area contributed by atoms with Gasteiger partial charge in [-0.25, -0.2) is 0 Å². The fraction of sp³-hybridized carbons (Fsp3) is 0.100. The molecule has 5 rings (SSSR count). The molecule has 1 aliphatic heterocycles. The van der Waals surface area contributed by atoms with Crippen LogP contribution in [0.5, 0.6) is 0 Å². The van der Waals surface area contributed by atoms with Crippen LogP contribution in [0.3, 0.4) is 0 Å². The summed E-state index contributed by atoms with van der Waals surface area (Å²) in [5.74, 6) is 0. The van der Waals surface area contributed by atoms with Crippen molar-refractivity contribution in [3.8, 4) is 11.3 Å². The number of hydrogen-bond acceptors (Lipinski definition) is 3. The quantitative estimate of drug-likeness (QED) is 0.210. The molecule has 0 N–H and O–H groups in total. The molecule has 0 unspecified atom stereocenters. The maximum absolute atomic E-state index is 4.67. The molecule has 0 atom stereocenters. The van der Waals surface area contributed by atoms with E-state index < -0.39 is 0 Å². The molecule has 0 saturated carbocycles. The third kappa shape index (κ3) is 2.14. The van der Waals surface area contributed by atoms with E-state index >= 15 is 0 Å². The second-order valence-electron chi connectivity index (χ2n) is 5.91. The van der Waals surface area contributed by atoms with Gasteiger partial charge in [-0.2, -0.15) is 0 Å². The van der Waals surface area contributed by atoms with E-state index in [1.54, 1.807) is 11.8 Å². The summed E-state index contributed by atoms with van der Waals surface area (Å²) < 4.78 is 0. The predicted octanol–water partition coefficient (Wildman–Crippen LogP) is 5.33. The van der Waals surface area contributed by atoms with Gasteiger partial charge in [-0.05, 0) is 53.9 Å². The minimum absolute atomic E-state index is 0. The number of aryl methyl sites for hydroxylation is 2. The van der Waals surface area contributed by atoms with Gasteiger partial charge in [0.2, 0.25) is 0 Å². The first-order valence-electron chi connectivity index (χ1n) is 7.61. The first-order chi connectivity index (χ1) is 11.2. The Labute approximate surface area is 158 Å². The molecule has 2 nitrogen and oxygen atoms in total. The summed E-state index contributed by atoms with van der Waals surface area (Å²) in [5, 5.41) is 4.99. The average Bonchev–Trinajstić information content (AvgIpc) is 2.56. The van der Waals surface area contributed by atoms with Gasteiger partial charge in [-0.1, -0.05) is 4.90 Å². The SMILES string of the molecule is Cc1cc2c(cc3c4c(nccc42)-c2[c-]cccc2S3)c(C)n1.[Ir]. The van der Waals surface area contributed by atoms with E-state index in [1.165, 1.54) is 31.3 Å². The summed E-state index contributed by atoms with van der Waals surface area (Å²) in [6, 6.07) is 16.1. The Morgan fingerprint density at radius 2 is 1.88 bits per heavy atom. The second-order valence-corrected chi connectivity index (χ2v) is 7.00. The number of pyridine rings is 2. The monoisotopic (exact) mass is 506 g/mol. The van der Waals surface area contributed by atoms with Gasteiger partial charge in [-0.3, -0.25) is 4.98 Å². The van der Waals surface area contributed by atoms with Crippen molar-refractivity contribution in [2.75, 3.05) is 0 Å². The smallest absolute Gasteiger partial charge is 0.0454 e. The number of benzene rings is 2. The summed E-state index contributed by atoms with van der Waals surface area (Å²) >= 11 is 1.80. The summed E-state index contributed by atoms with van der Waals surface area (Å²) in [6.45, 7) is 4.14. The molecule has 3 heterocycles. The third-order valence-corrected chi connectivity index (χ3v) is 5.52. The number of aromatic nitrogens is 2. The predicted molar refractivity (Wildman–Crippen MR) is 94.9 cm³/mol. The van der Waals surface area contributed by atoms with E-state index in [0.717, 1.165) is 22.6 Å². The van der Waals surface area contributed by atoms with Gasteiger partial charge in [0.15, 0.2) is 0 Å². The van der Waals surface area contributed by atoms with E-state index in [1.807, 2.05) is 18.3 Å². The fourth-order valence-electron chi connectivity index (χ4n) is 3.46. The molecule has 1 radical (unpaired) electrons. The molecule has 0 saturated heterocycles. The van der Waals surface area contributed by atoms with E-state index in [2.05, 4.69) is 54.1 Å². The van der Waals surface area contributed by atoms with Gasteiger partial charge in [0.1, 0.15) is 0 Å². The normalized spacial score (nSPS) is 12.1. The van der Waals surface area contributed by atoms with Crippen LogP contribution < -0.4 is 0 Å². The van der Waals surface area contributed by atoms with Crippen molar-refractivity contribution in [3.05, 3.63) is 60.0 Å². The number of hydrogen-bond donors (Lipinski definition) is 0. The van der Waals surface area contributed by atoms with E-state index in [9.17, 15) is 0 Å². The Morgan fingerprint density at radius 3 is 2.75 bits per heavy atom. The third-order valence-electron chi connectivity index (χ3n) is 4.41. The van der Waals surface area contributed by atoms with E-state index in [0.29, 0.717) is 0 Å². The molecule has 4 heteroatoms. The maximum atomic E-state index is 4.67. The summed E-state index contributed by atoms with van der Waals surface area (Å²) in [7, 11) is 0. The van der Waals surface area contributed by atoms with Crippen LogP contribution in [0.25, 0.3) is 32.8 Å². The van der Waals surface area contributed by atoms with Crippen molar-refractivity contribution in [1.82, 2.24) is 9.97 Å². The summed E-state index contributed by atoms with van der Waals surface area (Å²) in [5.41, 5.74) is 4.29. The number of nitrogens with zero attached hydrogens (tertiary/aromatic N) is 2. The molecular formula is C20H13IrN2S-. The standard InChI is InChI=1S/C20H13N2S.Ir/c1-11-9-16-13-7-8-21-20-14-5-3-4-6-17(14)23-18(19(13)20)10-15(16)12(2)22-11;/h3-4,6-10H,1-2H3;/q-1;. The van der Waals surface area contributed by atoms with Crippen LogP contribution in [0.15, 0.2) is 52.4 Å². The fourth-order valence-corrected chi connectivity index (χ4v) is 4.59. The molecule has 24 heavy (non-hydrogen) atoms. The van der Waals surface area contributed by atoms with Gasteiger partial charge in [-0.15, -0.1) is 41.6 Å². The summed E-state index contributed by atoms with van der Waals surface area (Å²) in [6.07, 6.45) is 1.91. The average molecular weight is 506 g/mol. The van der Waals surface area contributed by atoms with Crippen LogP contribution in [0, 0.1) is 19.9 Å². The van der Waals surface area contributed by atoms with Gasteiger partial charge in [0.25, 0.3) is 0 Å². The molecule has 1 aliphatic rings. The second kappa shape index (κ2) is 5.66. The zero-order chi connectivity index (χ0) is 15.6. The Kier molecular flexibility index (Phi) is 3.72. The Balaban J connectivity index is 0.00000146. The zero-order valence-corrected chi connectivity index (χ0v) is 16.4. The van der Waals surface area contributed by atoms with Crippen LogP contribution >= 0.6 is 11.8 Å². The topological polar surface area (TPSA) is 25.8 Å². The van der Waals surface area contributed by atoms with Crippen molar-refractivity contribution in [2.45, 2.75) is 23.6 Å². The van der Waals surface area contributed by atoms with Crippen molar-refractivity contribution in [1.29, 1.82) is 0 Å². The first kappa shape index (κ1) is 15.8. The minimum Gasteiger partial charge on any atom is -0.304 e.